The van der Waals surface area contributed by atoms with E-state index in [0.717, 1.165) is 15.8 Å². The molecule has 0 amide bonds. The van der Waals surface area contributed by atoms with Crippen molar-refractivity contribution in [1.29, 1.82) is 0 Å². The predicted molar refractivity (Wildman–Crippen MR) is 70.2 cm³/mol. The third kappa shape index (κ3) is 4.77. The van der Waals surface area contributed by atoms with Crippen LogP contribution in [0.3, 0.4) is 0 Å². The average Bonchev–Trinajstić information content (AvgIpc) is 2.27. The fraction of sp³-hybridized carbons (Fsp3) is 0.462. The van der Waals surface area contributed by atoms with E-state index < -0.39 is 0 Å². The van der Waals surface area contributed by atoms with E-state index in [1.165, 1.54) is 7.11 Å². The first kappa shape index (κ1) is 14.0. The van der Waals surface area contributed by atoms with E-state index in [9.17, 15) is 4.79 Å². The van der Waals surface area contributed by atoms with Gasteiger partial charge in [0.1, 0.15) is 5.75 Å². The summed E-state index contributed by atoms with van der Waals surface area (Å²) in [5.74, 6) is 0.925. The van der Waals surface area contributed by atoms with Crippen LogP contribution in [0.15, 0.2) is 22.7 Å². The number of benzene rings is 1. The number of halogens is 1. The lowest BCUT2D eigenvalue weighted by Crippen LogP contribution is -2.09. The molecule has 0 saturated heterocycles. The maximum atomic E-state index is 11.3. The Morgan fingerprint density at radius 2 is 2.12 bits per heavy atom. The summed E-state index contributed by atoms with van der Waals surface area (Å²) in [4.78, 5) is 11.3. The summed E-state index contributed by atoms with van der Waals surface area (Å²) in [6.45, 7) is 4.80. The summed E-state index contributed by atoms with van der Waals surface area (Å²) >= 11 is 3.38. The lowest BCUT2D eigenvalue weighted by molar-refractivity contribution is -0.139. The molecule has 0 unspecified atom stereocenters. The van der Waals surface area contributed by atoms with Gasteiger partial charge in [0.2, 0.25) is 0 Å². The zero-order chi connectivity index (χ0) is 12.8. The zero-order valence-corrected chi connectivity index (χ0v) is 11.9. The Hall–Kier alpha value is -1.03. The van der Waals surface area contributed by atoms with Crippen molar-refractivity contribution in [2.24, 2.45) is 5.92 Å². The molecule has 0 atom stereocenters. The molecular weight excluding hydrogens is 284 g/mol. The van der Waals surface area contributed by atoms with Crippen molar-refractivity contribution in [3.05, 3.63) is 28.2 Å². The molecule has 0 heterocycles. The molecule has 1 rings (SSSR count). The Kier molecular flexibility index (Phi) is 5.48. The molecular formula is C13H17BrO3. The first-order valence-corrected chi connectivity index (χ1v) is 6.30. The van der Waals surface area contributed by atoms with Gasteiger partial charge < -0.3 is 9.47 Å². The van der Waals surface area contributed by atoms with Crippen molar-refractivity contribution >= 4 is 21.9 Å². The number of hydrogen-bond donors (Lipinski definition) is 0. The van der Waals surface area contributed by atoms with Gasteiger partial charge in [0.25, 0.3) is 0 Å². The average molecular weight is 301 g/mol. The first-order chi connectivity index (χ1) is 8.02. The highest BCUT2D eigenvalue weighted by molar-refractivity contribution is 9.10. The molecule has 0 radical (unpaired) electrons. The Labute approximate surface area is 110 Å². The largest absolute Gasteiger partial charge is 0.493 e. The van der Waals surface area contributed by atoms with Gasteiger partial charge in [-0.3, -0.25) is 4.79 Å². The summed E-state index contributed by atoms with van der Waals surface area (Å²) in [7, 11) is 1.38. The number of rotatable bonds is 5. The Balaban J connectivity index is 2.83. The summed E-state index contributed by atoms with van der Waals surface area (Å²) in [5.41, 5.74) is 0.840. The summed E-state index contributed by atoms with van der Waals surface area (Å²) in [6, 6.07) is 5.65. The number of methoxy groups -OCH3 is 1. The van der Waals surface area contributed by atoms with Crippen LogP contribution in [-0.4, -0.2) is 19.7 Å². The van der Waals surface area contributed by atoms with E-state index in [2.05, 4.69) is 34.5 Å². The maximum absolute atomic E-state index is 11.3. The molecule has 0 saturated carbocycles. The van der Waals surface area contributed by atoms with E-state index in [-0.39, 0.29) is 12.4 Å². The lowest BCUT2D eigenvalue weighted by Gasteiger charge is -2.13. The molecule has 0 fully saturated rings. The van der Waals surface area contributed by atoms with E-state index in [0.29, 0.717) is 12.5 Å². The van der Waals surface area contributed by atoms with Gasteiger partial charge in [0.05, 0.1) is 20.1 Å². The minimum absolute atomic E-state index is 0.226. The monoisotopic (exact) mass is 300 g/mol. The van der Waals surface area contributed by atoms with Gasteiger partial charge in [0.15, 0.2) is 0 Å². The number of hydrogen-bond acceptors (Lipinski definition) is 3. The van der Waals surface area contributed by atoms with Crippen molar-refractivity contribution in [2.75, 3.05) is 13.7 Å². The molecule has 0 spiro atoms. The summed E-state index contributed by atoms with van der Waals surface area (Å²) in [6.07, 6.45) is 0.226. The molecule has 0 aliphatic rings. The second kappa shape index (κ2) is 6.64. The molecule has 3 nitrogen and oxygen atoms in total. The van der Waals surface area contributed by atoms with E-state index in [1.54, 1.807) is 0 Å². The fourth-order valence-electron chi connectivity index (χ4n) is 1.31. The molecule has 1 aromatic carbocycles. The van der Waals surface area contributed by atoms with Gasteiger partial charge in [0, 0.05) is 10.0 Å². The second-order valence-electron chi connectivity index (χ2n) is 4.21. The summed E-state index contributed by atoms with van der Waals surface area (Å²) in [5, 5.41) is 0. The van der Waals surface area contributed by atoms with E-state index >= 15 is 0 Å². The number of esters is 1. The van der Waals surface area contributed by atoms with E-state index in [4.69, 9.17) is 4.74 Å². The predicted octanol–water partition coefficient (Wildman–Crippen LogP) is 3.20. The molecule has 94 valence electrons. The Morgan fingerprint density at radius 1 is 1.41 bits per heavy atom. The highest BCUT2D eigenvalue weighted by Crippen LogP contribution is 2.24. The van der Waals surface area contributed by atoms with Crippen molar-refractivity contribution in [3.63, 3.8) is 0 Å². The normalized spacial score (nSPS) is 10.4. The standard InChI is InChI=1S/C13H17BrO3/c1-9(2)8-17-12-5-4-11(14)6-10(12)7-13(15)16-3/h4-6,9H,7-8H2,1-3H3. The van der Waals surface area contributed by atoms with E-state index in [1.807, 2.05) is 18.2 Å². The van der Waals surface area contributed by atoms with Crippen LogP contribution in [0.4, 0.5) is 0 Å². The van der Waals surface area contributed by atoms with Crippen molar-refractivity contribution in [2.45, 2.75) is 20.3 Å². The van der Waals surface area contributed by atoms with Crippen LogP contribution < -0.4 is 4.74 Å². The number of ether oxygens (including phenoxy) is 2. The molecule has 0 bridgehead atoms. The molecule has 17 heavy (non-hydrogen) atoms. The Morgan fingerprint density at radius 3 is 2.71 bits per heavy atom. The van der Waals surface area contributed by atoms with Crippen LogP contribution in [0.5, 0.6) is 5.75 Å². The van der Waals surface area contributed by atoms with Gasteiger partial charge in [-0.25, -0.2) is 0 Å². The van der Waals surface area contributed by atoms with Crippen LogP contribution in [0, 0.1) is 5.92 Å². The van der Waals surface area contributed by atoms with Gasteiger partial charge in [-0.1, -0.05) is 29.8 Å². The van der Waals surface area contributed by atoms with Gasteiger partial charge >= 0.3 is 5.97 Å². The molecule has 0 aromatic heterocycles. The second-order valence-corrected chi connectivity index (χ2v) is 5.13. The minimum atomic E-state index is -0.266. The SMILES string of the molecule is COC(=O)Cc1cc(Br)ccc1OCC(C)C. The molecule has 0 aliphatic carbocycles. The lowest BCUT2D eigenvalue weighted by atomic mass is 10.1. The van der Waals surface area contributed by atoms with Crippen molar-refractivity contribution in [1.82, 2.24) is 0 Å². The van der Waals surface area contributed by atoms with Crippen molar-refractivity contribution < 1.29 is 14.3 Å². The minimum Gasteiger partial charge on any atom is -0.493 e. The van der Waals surface area contributed by atoms with Gasteiger partial charge in [-0.05, 0) is 24.1 Å². The van der Waals surface area contributed by atoms with Crippen molar-refractivity contribution in [3.8, 4) is 5.75 Å². The Bertz CT molecular complexity index is 388. The molecule has 4 heteroatoms. The highest BCUT2D eigenvalue weighted by Gasteiger charge is 2.10. The van der Waals surface area contributed by atoms with Crippen LogP contribution in [0.2, 0.25) is 0 Å². The molecule has 1 aromatic rings. The smallest absolute Gasteiger partial charge is 0.310 e. The maximum Gasteiger partial charge on any atom is 0.310 e. The summed E-state index contributed by atoms with van der Waals surface area (Å²) < 4.78 is 11.3. The van der Waals surface area contributed by atoms with Crippen LogP contribution in [-0.2, 0) is 16.0 Å². The van der Waals surface area contributed by atoms with Crippen LogP contribution in [0.1, 0.15) is 19.4 Å². The number of carbonyl (C=O) groups is 1. The fourth-order valence-corrected chi connectivity index (χ4v) is 1.72. The molecule has 0 N–H and O–H groups in total. The third-order valence-corrected chi connectivity index (χ3v) is 2.65. The van der Waals surface area contributed by atoms with Gasteiger partial charge in [-0.15, -0.1) is 0 Å². The first-order valence-electron chi connectivity index (χ1n) is 5.51. The van der Waals surface area contributed by atoms with Crippen LogP contribution in [0.25, 0.3) is 0 Å². The quantitative estimate of drug-likeness (QED) is 0.784. The topological polar surface area (TPSA) is 35.5 Å². The van der Waals surface area contributed by atoms with Gasteiger partial charge in [-0.2, -0.15) is 0 Å². The highest BCUT2D eigenvalue weighted by atomic mass is 79.9. The van der Waals surface area contributed by atoms with Crippen LogP contribution >= 0.6 is 15.9 Å². The third-order valence-electron chi connectivity index (χ3n) is 2.16. The number of carbonyl (C=O) groups excluding carboxylic acids is 1. The zero-order valence-electron chi connectivity index (χ0n) is 10.3. The molecule has 0 aliphatic heterocycles.